The second-order valence-corrected chi connectivity index (χ2v) is 3.14. The minimum absolute atomic E-state index is 1.15. The lowest BCUT2D eigenvalue weighted by atomic mass is 10.1. The van der Waals surface area contributed by atoms with Crippen LogP contribution in [-0.4, -0.2) is 4.98 Å². The standard InChI is InChI=1S/C14H11N.C2H6/c1-2-4-6-13(5-3-1)7-8-14-9-11-15-12-10-14;1-2/h1,3-12H;1-2H3/b8-7+;. The van der Waals surface area contributed by atoms with Crippen molar-refractivity contribution < 1.29 is 0 Å². The molecule has 2 rings (SSSR count). The van der Waals surface area contributed by atoms with Gasteiger partial charge in [-0.3, -0.25) is 4.98 Å². The molecule has 0 spiro atoms. The van der Waals surface area contributed by atoms with Crippen LogP contribution in [0.25, 0.3) is 6.08 Å². The zero-order valence-corrected chi connectivity index (χ0v) is 10.3. The Morgan fingerprint density at radius 2 is 1.82 bits per heavy atom. The van der Waals surface area contributed by atoms with Crippen molar-refractivity contribution in [2.75, 3.05) is 0 Å². The number of aromatic nitrogens is 1. The van der Waals surface area contributed by atoms with Crippen LogP contribution in [0.5, 0.6) is 0 Å². The first kappa shape index (κ1) is 13.0. The molecule has 1 heterocycles. The predicted octanol–water partition coefficient (Wildman–Crippen LogP) is 4.33. The molecule has 0 aromatic carbocycles. The molecule has 0 fully saturated rings. The summed E-state index contributed by atoms with van der Waals surface area (Å²) >= 11 is 0. The summed E-state index contributed by atoms with van der Waals surface area (Å²) in [5, 5.41) is 0. The number of hydrogen-bond donors (Lipinski definition) is 0. The van der Waals surface area contributed by atoms with E-state index in [2.05, 4.69) is 22.9 Å². The zero-order valence-electron chi connectivity index (χ0n) is 10.3. The monoisotopic (exact) mass is 223 g/mol. The van der Waals surface area contributed by atoms with Crippen molar-refractivity contribution in [3.05, 3.63) is 77.9 Å². The summed E-state index contributed by atoms with van der Waals surface area (Å²) in [6.07, 6.45) is 17.6. The summed E-state index contributed by atoms with van der Waals surface area (Å²) in [5.41, 5.74) is 5.33. The molecule has 0 aliphatic heterocycles. The molecule has 0 amide bonds. The van der Waals surface area contributed by atoms with Crippen molar-refractivity contribution in [1.29, 1.82) is 0 Å². The summed E-state index contributed by atoms with van der Waals surface area (Å²) in [5.74, 6) is 0. The average Bonchev–Trinajstić information content (AvgIpc) is 2.68. The largest absolute Gasteiger partial charge is 0.265 e. The van der Waals surface area contributed by atoms with Crippen molar-refractivity contribution in [3.8, 4) is 0 Å². The first-order valence-corrected chi connectivity index (χ1v) is 5.83. The van der Waals surface area contributed by atoms with E-state index in [0.29, 0.717) is 0 Å². The molecular weight excluding hydrogens is 206 g/mol. The van der Waals surface area contributed by atoms with Crippen molar-refractivity contribution in [3.63, 3.8) is 0 Å². The maximum absolute atomic E-state index is 3.97. The average molecular weight is 223 g/mol. The molecule has 1 aromatic heterocycles. The van der Waals surface area contributed by atoms with E-state index in [9.17, 15) is 0 Å². The van der Waals surface area contributed by atoms with Crippen molar-refractivity contribution in [1.82, 2.24) is 4.98 Å². The molecule has 0 saturated heterocycles. The summed E-state index contributed by atoms with van der Waals surface area (Å²) in [6, 6.07) is 3.96. The number of nitrogens with zero attached hydrogens (tertiary/aromatic N) is 1. The van der Waals surface area contributed by atoms with Crippen LogP contribution in [0.3, 0.4) is 0 Å². The predicted molar refractivity (Wildman–Crippen MR) is 74.5 cm³/mol. The zero-order chi connectivity index (χ0) is 12.3. The maximum atomic E-state index is 3.97. The molecule has 0 bridgehead atoms. The summed E-state index contributed by atoms with van der Waals surface area (Å²) in [7, 11) is 0. The van der Waals surface area contributed by atoms with Gasteiger partial charge < -0.3 is 0 Å². The van der Waals surface area contributed by atoms with Crippen molar-refractivity contribution >= 4 is 6.08 Å². The van der Waals surface area contributed by atoms with Gasteiger partial charge in [0.1, 0.15) is 0 Å². The van der Waals surface area contributed by atoms with Gasteiger partial charge in [-0.15, -0.1) is 5.73 Å². The highest BCUT2D eigenvalue weighted by Crippen LogP contribution is 2.07. The number of allylic oxidation sites excluding steroid dienone is 6. The fourth-order valence-electron chi connectivity index (χ4n) is 1.25. The summed E-state index contributed by atoms with van der Waals surface area (Å²) in [6.45, 7) is 4.00. The molecule has 1 nitrogen and oxygen atoms in total. The smallest absolute Gasteiger partial charge is 0.0273 e. The molecule has 0 saturated carbocycles. The molecule has 1 aliphatic rings. The van der Waals surface area contributed by atoms with Crippen LogP contribution in [-0.2, 0) is 0 Å². The second-order valence-electron chi connectivity index (χ2n) is 3.14. The molecule has 1 aliphatic carbocycles. The lowest BCUT2D eigenvalue weighted by Gasteiger charge is -1.92. The molecule has 0 unspecified atom stereocenters. The number of rotatable bonds is 2. The Kier molecular flexibility index (Phi) is 6.17. The van der Waals surface area contributed by atoms with Crippen LogP contribution >= 0.6 is 0 Å². The molecule has 0 N–H and O–H groups in total. The van der Waals surface area contributed by atoms with Crippen LogP contribution in [0.15, 0.2) is 72.3 Å². The normalized spacial score (nSPS) is 12.9. The van der Waals surface area contributed by atoms with Crippen LogP contribution in [0, 0.1) is 0 Å². The van der Waals surface area contributed by atoms with E-state index >= 15 is 0 Å². The highest BCUT2D eigenvalue weighted by atomic mass is 14.6. The fraction of sp³-hybridized carbons (Fsp3) is 0.125. The molecule has 1 heteroatoms. The number of pyridine rings is 1. The lowest BCUT2D eigenvalue weighted by molar-refractivity contribution is 1.32. The van der Waals surface area contributed by atoms with Gasteiger partial charge >= 0.3 is 0 Å². The third kappa shape index (κ3) is 4.96. The van der Waals surface area contributed by atoms with E-state index in [4.69, 9.17) is 0 Å². The van der Waals surface area contributed by atoms with Crippen molar-refractivity contribution in [2.45, 2.75) is 13.8 Å². The van der Waals surface area contributed by atoms with Crippen LogP contribution in [0.4, 0.5) is 0 Å². The van der Waals surface area contributed by atoms with E-state index in [1.54, 1.807) is 12.4 Å². The van der Waals surface area contributed by atoms with Crippen LogP contribution in [0.1, 0.15) is 19.4 Å². The Morgan fingerprint density at radius 1 is 1.06 bits per heavy atom. The quantitative estimate of drug-likeness (QED) is 0.680. The first-order chi connectivity index (χ1) is 8.45. The topological polar surface area (TPSA) is 12.9 Å². The van der Waals surface area contributed by atoms with E-state index < -0.39 is 0 Å². The van der Waals surface area contributed by atoms with Gasteiger partial charge in [-0.2, -0.15) is 0 Å². The lowest BCUT2D eigenvalue weighted by Crippen LogP contribution is -1.74. The summed E-state index contributed by atoms with van der Waals surface area (Å²) in [4.78, 5) is 3.97. The molecule has 86 valence electrons. The molecule has 17 heavy (non-hydrogen) atoms. The van der Waals surface area contributed by atoms with Gasteiger partial charge in [0.25, 0.3) is 0 Å². The minimum Gasteiger partial charge on any atom is -0.265 e. The van der Waals surface area contributed by atoms with E-state index in [-0.39, 0.29) is 0 Å². The first-order valence-electron chi connectivity index (χ1n) is 5.83. The highest BCUT2D eigenvalue weighted by Gasteiger charge is 1.87. The Labute approximate surface area is 103 Å². The van der Waals surface area contributed by atoms with Crippen LogP contribution in [0.2, 0.25) is 0 Å². The van der Waals surface area contributed by atoms with Crippen molar-refractivity contribution in [2.24, 2.45) is 0 Å². The molecule has 1 aromatic rings. The van der Waals surface area contributed by atoms with Gasteiger partial charge in [-0.05, 0) is 41.5 Å². The molecular formula is C16H17N. The van der Waals surface area contributed by atoms with E-state index in [1.807, 2.05) is 56.4 Å². The van der Waals surface area contributed by atoms with E-state index in [1.165, 1.54) is 0 Å². The molecule has 0 radical (unpaired) electrons. The molecule has 0 atom stereocenters. The van der Waals surface area contributed by atoms with Gasteiger partial charge in [0.15, 0.2) is 0 Å². The third-order valence-electron chi connectivity index (χ3n) is 2.03. The highest BCUT2D eigenvalue weighted by molar-refractivity contribution is 5.55. The van der Waals surface area contributed by atoms with Gasteiger partial charge in [-0.1, -0.05) is 38.2 Å². The fourth-order valence-corrected chi connectivity index (χ4v) is 1.25. The Bertz CT molecular complexity index is 470. The Hall–Kier alpha value is -2.11. The summed E-state index contributed by atoms with van der Waals surface area (Å²) < 4.78 is 0. The third-order valence-corrected chi connectivity index (χ3v) is 2.03. The Balaban J connectivity index is 0.000000686. The maximum Gasteiger partial charge on any atom is 0.0273 e. The van der Waals surface area contributed by atoms with Gasteiger partial charge in [0.2, 0.25) is 0 Å². The Morgan fingerprint density at radius 3 is 2.59 bits per heavy atom. The van der Waals surface area contributed by atoms with Gasteiger partial charge in [-0.25, -0.2) is 0 Å². The van der Waals surface area contributed by atoms with Crippen LogP contribution < -0.4 is 0 Å². The SMILES string of the molecule is C1=CC=CC(/C=C/c2ccncc2)=CC=1.CC. The second kappa shape index (κ2) is 8.09. The van der Waals surface area contributed by atoms with Gasteiger partial charge in [0.05, 0.1) is 0 Å². The van der Waals surface area contributed by atoms with E-state index in [0.717, 1.165) is 11.1 Å². The number of hydrogen-bond acceptors (Lipinski definition) is 1. The van der Waals surface area contributed by atoms with Gasteiger partial charge in [0, 0.05) is 12.4 Å². The minimum atomic E-state index is 1.15.